The molecule has 1 fully saturated rings. The topological polar surface area (TPSA) is 92.3 Å². The van der Waals surface area contributed by atoms with Crippen LogP contribution in [0.2, 0.25) is 0 Å². The summed E-state index contributed by atoms with van der Waals surface area (Å²) in [5, 5.41) is 5.24. The highest BCUT2D eigenvalue weighted by atomic mass is 16.5. The molecule has 0 aliphatic carbocycles. The summed E-state index contributed by atoms with van der Waals surface area (Å²) in [6, 6.07) is 0. The quantitative estimate of drug-likeness (QED) is 0.455. The van der Waals surface area contributed by atoms with E-state index >= 15 is 0 Å². The molecule has 2 N–H and O–H groups in total. The van der Waals surface area contributed by atoms with Crippen molar-refractivity contribution in [3.8, 4) is 0 Å². The van der Waals surface area contributed by atoms with Crippen molar-refractivity contribution < 1.29 is 21.9 Å². The molecule has 2 amide bonds. The number of nitrogens with one attached hydrogen (secondary N) is 2. The van der Waals surface area contributed by atoms with Gasteiger partial charge in [-0.15, -0.1) is 0 Å². The van der Waals surface area contributed by atoms with E-state index in [1.165, 1.54) is 6.42 Å². The van der Waals surface area contributed by atoms with E-state index in [9.17, 15) is 9.59 Å². The van der Waals surface area contributed by atoms with E-state index in [4.69, 9.17) is 14.5 Å². The SMILES string of the molecule is C.CCC.CNC(=O)CNC(=O)C(/N=C(C)\C1=C\COCCOCCC1)=C1/CCCCN(C)C1.[HH].[HH]. The van der Waals surface area contributed by atoms with Crippen molar-refractivity contribution in [2.75, 3.05) is 60.2 Å². The monoisotopic (exact) mass is 484 g/mol. The molecule has 2 rings (SSSR count). The largest absolute Gasteiger partial charge is 0.379 e. The van der Waals surface area contributed by atoms with E-state index in [1.807, 2.05) is 13.0 Å². The zero-order valence-electron chi connectivity index (χ0n) is 21.3. The number of hydrogen-bond acceptors (Lipinski definition) is 6. The first-order valence-electron chi connectivity index (χ1n) is 12.2. The third-order valence-electron chi connectivity index (χ3n) is 5.27. The average molecular weight is 485 g/mol. The molecule has 0 aromatic carbocycles. The van der Waals surface area contributed by atoms with E-state index in [0.717, 1.165) is 55.5 Å². The number of rotatable bonds is 5. The standard InChI is InChI=1S/C22H36N4O4.C3H8.CH4.2H2/c1-17(18-8-6-11-29-13-14-30-12-9-18)25-21(22(28)24-15-20(27)23-2)19-7-4-5-10-26(3)16-19;1-3-2;;;/h9H,4-8,10-16H2,1-3H3,(H,23,27)(H,24,28);3H2,1-2H3;1H4;2*1H/b18-9+,21-19+,25-17-;;;;. The lowest BCUT2D eigenvalue weighted by atomic mass is 10.0. The van der Waals surface area contributed by atoms with Crippen LogP contribution in [-0.2, 0) is 19.1 Å². The Morgan fingerprint density at radius 2 is 1.82 bits per heavy atom. The van der Waals surface area contributed by atoms with Gasteiger partial charge < -0.3 is 25.0 Å². The minimum absolute atomic E-state index is 0. The second kappa shape index (κ2) is 19.3. The van der Waals surface area contributed by atoms with Crippen LogP contribution in [0, 0.1) is 0 Å². The van der Waals surface area contributed by atoms with Crippen LogP contribution in [0.15, 0.2) is 27.9 Å². The number of aliphatic imine (C=N–C) groups is 1. The fraction of sp³-hybridized carbons (Fsp3) is 0.731. The highest BCUT2D eigenvalue weighted by Gasteiger charge is 2.20. The van der Waals surface area contributed by atoms with Gasteiger partial charge in [-0.2, -0.15) is 0 Å². The summed E-state index contributed by atoms with van der Waals surface area (Å²) in [6.07, 6.45) is 7.97. The Labute approximate surface area is 210 Å². The molecule has 34 heavy (non-hydrogen) atoms. The molecule has 2 aliphatic heterocycles. The number of carbonyl (C=O) groups excluding carboxylic acids is 2. The molecule has 2 heterocycles. The summed E-state index contributed by atoms with van der Waals surface area (Å²) in [5.41, 5.74) is 3.33. The molecule has 0 saturated carbocycles. The predicted molar refractivity (Wildman–Crippen MR) is 144 cm³/mol. The van der Waals surface area contributed by atoms with Crippen LogP contribution in [0.1, 0.15) is 69.6 Å². The number of nitrogens with zero attached hydrogens (tertiary/aromatic N) is 2. The number of amides is 2. The molecular formula is C26H52N4O4. The zero-order chi connectivity index (χ0) is 24.5. The van der Waals surface area contributed by atoms with Gasteiger partial charge in [0.2, 0.25) is 5.91 Å². The van der Waals surface area contributed by atoms with Crippen LogP contribution < -0.4 is 10.6 Å². The summed E-state index contributed by atoms with van der Waals surface area (Å²) in [4.78, 5) is 31.6. The fourth-order valence-electron chi connectivity index (χ4n) is 3.52. The van der Waals surface area contributed by atoms with E-state index in [0.29, 0.717) is 38.7 Å². The molecule has 8 heteroatoms. The van der Waals surface area contributed by atoms with Crippen LogP contribution in [0.3, 0.4) is 0 Å². The van der Waals surface area contributed by atoms with Crippen molar-refractivity contribution in [1.29, 1.82) is 0 Å². The second-order valence-corrected chi connectivity index (χ2v) is 8.43. The third kappa shape index (κ3) is 13.0. The Hall–Kier alpha value is -2.03. The van der Waals surface area contributed by atoms with Crippen LogP contribution in [-0.4, -0.2) is 82.6 Å². The molecule has 0 bridgehead atoms. The van der Waals surface area contributed by atoms with E-state index in [2.05, 4.69) is 36.4 Å². The lowest BCUT2D eigenvalue weighted by molar-refractivity contribution is -0.124. The number of hydrogen-bond donors (Lipinski definition) is 2. The molecule has 8 nitrogen and oxygen atoms in total. The summed E-state index contributed by atoms with van der Waals surface area (Å²) >= 11 is 0. The maximum absolute atomic E-state index is 13.0. The van der Waals surface area contributed by atoms with Crippen LogP contribution in [0.5, 0.6) is 0 Å². The normalized spacial score (nSPS) is 21.3. The van der Waals surface area contributed by atoms with Crippen molar-refractivity contribution in [2.24, 2.45) is 4.99 Å². The summed E-state index contributed by atoms with van der Waals surface area (Å²) < 4.78 is 11.1. The van der Waals surface area contributed by atoms with Gasteiger partial charge in [0.25, 0.3) is 5.91 Å². The van der Waals surface area contributed by atoms with Gasteiger partial charge in [0.15, 0.2) is 0 Å². The lowest BCUT2D eigenvalue weighted by Gasteiger charge is -2.17. The molecule has 0 aromatic heterocycles. The van der Waals surface area contributed by atoms with Crippen molar-refractivity contribution in [3.05, 3.63) is 22.9 Å². The Bertz CT molecular complexity index is 712. The van der Waals surface area contributed by atoms with Crippen molar-refractivity contribution in [2.45, 2.75) is 66.7 Å². The second-order valence-electron chi connectivity index (χ2n) is 8.43. The molecule has 2 aliphatic rings. The van der Waals surface area contributed by atoms with Crippen LogP contribution in [0.4, 0.5) is 0 Å². The number of ether oxygens (including phenoxy) is 2. The fourth-order valence-corrected chi connectivity index (χ4v) is 3.52. The van der Waals surface area contributed by atoms with Crippen molar-refractivity contribution >= 4 is 17.5 Å². The summed E-state index contributed by atoms with van der Waals surface area (Å²) in [6.45, 7) is 10.2. The van der Waals surface area contributed by atoms with Gasteiger partial charge in [-0.05, 0) is 63.8 Å². The van der Waals surface area contributed by atoms with Crippen LogP contribution >= 0.6 is 0 Å². The van der Waals surface area contributed by atoms with E-state index in [1.54, 1.807) is 7.05 Å². The summed E-state index contributed by atoms with van der Waals surface area (Å²) in [5.74, 6) is -0.540. The van der Waals surface area contributed by atoms with E-state index < -0.39 is 0 Å². The molecular weight excluding hydrogens is 432 g/mol. The minimum Gasteiger partial charge on any atom is -0.379 e. The molecule has 0 aromatic rings. The Kier molecular flexibility index (Phi) is 18.1. The molecule has 0 spiro atoms. The van der Waals surface area contributed by atoms with Gasteiger partial charge in [0.05, 0.1) is 26.4 Å². The maximum atomic E-state index is 13.0. The first kappa shape index (κ1) is 32.0. The highest BCUT2D eigenvalue weighted by molar-refractivity contribution is 6.04. The molecule has 200 valence electrons. The lowest BCUT2D eigenvalue weighted by Crippen LogP contribution is -2.36. The number of allylic oxidation sites excluding steroid dienone is 1. The van der Waals surface area contributed by atoms with Crippen LogP contribution in [0.25, 0.3) is 0 Å². The van der Waals surface area contributed by atoms with Crippen molar-refractivity contribution in [3.63, 3.8) is 0 Å². The first-order valence-corrected chi connectivity index (χ1v) is 12.2. The average Bonchev–Trinajstić information content (AvgIpc) is 3.03. The van der Waals surface area contributed by atoms with Gasteiger partial charge in [-0.1, -0.05) is 33.8 Å². The van der Waals surface area contributed by atoms with Gasteiger partial charge >= 0.3 is 0 Å². The number of likely N-dealkylation sites (tertiary alicyclic amines) is 1. The van der Waals surface area contributed by atoms with Gasteiger partial charge in [-0.3, -0.25) is 9.59 Å². The predicted octanol–water partition coefficient (Wildman–Crippen LogP) is 3.98. The number of likely N-dealkylation sites (N-methyl/N-ethyl adjacent to an activating group) is 2. The minimum atomic E-state index is -0.303. The molecule has 0 unspecified atom stereocenters. The van der Waals surface area contributed by atoms with Gasteiger partial charge in [0.1, 0.15) is 5.70 Å². The number of carbonyl (C=O) groups is 2. The highest BCUT2D eigenvalue weighted by Crippen LogP contribution is 2.21. The molecule has 1 saturated heterocycles. The smallest absolute Gasteiger partial charge is 0.270 e. The summed E-state index contributed by atoms with van der Waals surface area (Å²) in [7, 11) is 3.61. The van der Waals surface area contributed by atoms with Crippen molar-refractivity contribution in [1.82, 2.24) is 15.5 Å². The Morgan fingerprint density at radius 1 is 1.12 bits per heavy atom. The van der Waals surface area contributed by atoms with E-state index in [-0.39, 0.29) is 28.6 Å². The van der Waals surface area contributed by atoms with Gasteiger partial charge in [-0.25, -0.2) is 4.99 Å². The molecule has 0 atom stereocenters. The van der Waals surface area contributed by atoms with Gasteiger partial charge in [0, 0.05) is 28.8 Å². The third-order valence-corrected chi connectivity index (χ3v) is 5.27. The maximum Gasteiger partial charge on any atom is 0.270 e. The Morgan fingerprint density at radius 3 is 2.53 bits per heavy atom. The zero-order valence-corrected chi connectivity index (χ0v) is 21.3. The Balaban J connectivity index is -0.00000172. The first-order chi connectivity index (χ1) is 15.9. The molecule has 0 radical (unpaired) electrons.